The molecule has 0 aromatic rings. The minimum Gasteiger partial charge on any atom is -0.870 e. The van der Waals surface area contributed by atoms with Crippen molar-refractivity contribution in [1.82, 2.24) is 0 Å². The molecule has 0 fully saturated rings. The SMILES string of the molecule is O=C([O-])CC(O)(CC(=O)[O-])C(=O)O.[Li+].[Mg+2].[OH-]. The van der Waals surface area contributed by atoms with Crippen molar-refractivity contribution in [2.45, 2.75) is 18.4 Å². The van der Waals surface area contributed by atoms with E-state index in [0.29, 0.717) is 0 Å². The number of hydrogen-bond donors (Lipinski definition) is 2. The molecule has 82 valence electrons. The summed E-state index contributed by atoms with van der Waals surface area (Å²) in [5.74, 6) is -5.65. The van der Waals surface area contributed by atoms with Crippen molar-refractivity contribution >= 4 is 41.0 Å². The van der Waals surface area contributed by atoms with E-state index in [0.717, 1.165) is 0 Å². The van der Waals surface area contributed by atoms with Crippen LogP contribution in [0.3, 0.4) is 0 Å². The van der Waals surface area contributed by atoms with Crippen molar-refractivity contribution < 1.29 is 59.1 Å². The van der Waals surface area contributed by atoms with E-state index < -0.39 is 36.4 Å². The molecule has 0 heterocycles. The minimum absolute atomic E-state index is 0. The Morgan fingerprint density at radius 3 is 1.44 bits per heavy atom. The summed E-state index contributed by atoms with van der Waals surface area (Å²) >= 11 is 0. The molecule has 0 aliphatic carbocycles. The predicted octanol–water partition coefficient (Wildman–Crippen LogP) is -7.47. The summed E-state index contributed by atoms with van der Waals surface area (Å²) in [7, 11) is 0. The summed E-state index contributed by atoms with van der Waals surface area (Å²) < 4.78 is 0. The van der Waals surface area contributed by atoms with Crippen LogP contribution in [0.2, 0.25) is 0 Å². The molecule has 0 aliphatic heterocycles. The Morgan fingerprint density at radius 1 is 1.06 bits per heavy atom. The van der Waals surface area contributed by atoms with E-state index in [1.807, 2.05) is 0 Å². The van der Waals surface area contributed by atoms with Crippen molar-refractivity contribution in [1.29, 1.82) is 0 Å². The average molecular weight is 238 g/mol. The maximum atomic E-state index is 10.3. The molecular weight excluding hydrogens is 231 g/mol. The minimum atomic E-state index is -2.86. The molecule has 0 rings (SSSR count). The second kappa shape index (κ2) is 9.89. The Hall–Kier alpha value is -0.306. The number of carboxylic acid groups (broad SMARTS) is 3. The largest absolute Gasteiger partial charge is 2.00 e. The van der Waals surface area contributed by atoms with Gasteiger partial charge in [0.05, 0.1) is 0 Å². The van der Waals surface area contributed by atoms with Crippen LogP contribution in [0.1, 0.15) is 12.8 Å². The summed E-state index contributed by atoms with van der Waals surface area (Å²) in [6.07, 6.45) is -2.59. The summed E-state index contributed by atoms with van der Waals surface area (Å²) in [6, 6.07) is 0. The van der Waals surface area contributed by atoms with Gasteiger partial charge in [0, 0.05) is 24.8 Å². The third kappa shape index (κ3) is 8.96. The van der Waals surface area contributed by atoms with Crippen LogP contribution in [0.5, 0.6) is 0 Å². The number of carbonyl (C=O) groups excluding carboxylic acids is 2. The molecule has 0 saturated heterocycles. The zero-order valence-electron chi connectivity index (χ0n) is 8.50. The molecule has 0 amide bonds. The summed E-state index contributed by atoms with van der Waals surface area (Å²) in [5, 5.41) is 37.2. The molecule has 3 N–H and O–H groups in total. The van der Waals surface area contributed by atoms with Gasteiger partial charge in [0.25, 0.3) is 0 Å². The van der Waals surface area contributed by atoms with Crippen LogP contribution in [0.25, 0.3) is 0 Å². The van der Waals surface area contributed by atoms with Crippen LogP contribution in [-0.4, -0.2) is 62.3 Å². The zero-order valence-corrected chi connectivity index (χ0v) is 9.92. The number of carboxylic acids is 3. The third-order valence-electron chi connectivity index (χ3n) is 1.27. The summed E-state index contributed by atoms with van der Waals surface area (Å²) in [5.41, 5.74) is -2.86. The van der Waals surface area contributed by atoms with Gasteiger partial charge in [-0.15, -0.1) is 0 Å². The number of rotatable bonds is 5. The fraction of sp³-hybridized carbons (Fsp3) is 0.500. The maximum Gasteiger partial charge on any atom is 2.00 e. The van der Waals surface area contributed by atoms with Crippen molar-refractivity contribution in [3.05, 3.63) is 0 Å². The van der Waals surface area contributed by atoms with E-state index in [1.165, 1.54) is 0 Å². The first-order valence-electron chi connectivity index (χ1n) is 3.13. The first-order chi connectivity index (χ1) is 5.78. The second-order valence-electron chi connectivity index (χ2n) is 2.43. The van der Waals surface area contributed by atoms with Crippen LogP contribution in [-0.2, 0) is 14.4 Å². The molecule has 10 heteroatoms. The zero-order chi connectivity index (χ0) is 10.6. The van der Waals surface area contributed by atoms with Crippen molar-refractivity contribution in [2.75, 3.05) is 0 Å². The Balaban J connectivity index is -0.000000240. The molecule has 0 aromatic carbocycles. The Morgan fingerprint density at radius 2 is 1.31 bits per heavy atom. The van der Waals surface area contributed by atoms with Gasteiger partial charge in [0.15, 0.2) is 5.60 Å². The molecule has 0 atom stereocenters. The molecule has 0 spiro atoms. The smallest absolute Gasteiger partial charge is 0.870 e. The van der Waals surface area contributed by atoms with Gasteiger partial charge in [0.1, 0.15) is 0 Å². The molecule has 0 bridgehead atoms. The van der Waals surface area contributed by atoms with Crippen LogP contribution in [0, 0.1) is 0 Å². The first-order valence-corrected chi connectivity index (χ1v) is 3.13. The predicted molar refractivity (Wildman–Crippen MR) is 39.5 cm³/mol. The number of aliphatic hydroxyl groups is 1. The van der Waals surface area contributed by atoms with Gasteiger partial charge < -0.3 is 35.5 Å². The fourth-order valence-electron chi connectivity index (χ4n) is 0.691. The number of aliphatic carboxylic acids is 3. The van der Waals surface area contributed by atoms with Crippen molar-refractivity contribution in [2.24, 2.45) is 0 Å². The molecule has 0 aliphatic rings. The van der Waals surface area contributed by atoms with Gasteiger partial charge in [-0.2, -0.15) is 0 Å². The van der Waals surface area contributed by atoms with Crippen LogP contribution in [0.15, 0.2) is 0 Å². The van der Waals surface area contributed by atoms with Gasteiger partial charge in [-0.25, -0.2) is 4.79 Å². The second-order valence-corrected chi connectivity index (χ2v) is 2.43. The van der Waals surface area contributed by atoms with Crippen molar-refractivity contribution in [3.63, 3.8) is 0 Å². The molecule has 16 heavy (non-hydrogen) atoms. The Kier molecular flexibility index (Phi) is 15.3. The van der Waals surface area contributed by atoms with Gasteiger partial charge in [-0.1, -0.05) is 0 Å². The summed E-state index contributed by atoms with van der Waals surface area (Å²) in [4.78, 5) is 30.2. The van der Waals surface area contributed by atoms with E-state index in [2.05, 4.69) is 0 Å². The van der Waals surface area contributed by atoms with E-state index in [1.54, 1.807) is 0 Å². The van der Waals surface area contributed by atoms with Gasteiger partial charge in [0.2, 0.25) is 0 Å². The Labute approximate surface area is 118 Å². The van der Waals surface area contributed by atoms with E-state index >= 15 is 0 Å². The maximum absolute atomic E-state index is 10.3. The number of hydrogen-bond acceptors (Lipinski definition) is 7. The number of carbonyl (C=O) groups is 3. The van der Waals surface area contributed by atoms with Crippen LogP contribution >= 0.6 is 0 Å². The van der Waals surface area contributed by atoms with Gasteiger partial charge >= 0.3 is 47.9 Å². The quantitative estimate of drug-likeness (QED) is 0.445. The van der Waals surface area contributed by atoms with E-state index in [9.17, 15) is 24.6 Å². The standard InChI is InChI=1S/C6H8O7.Li.Mg.H2O/c7-3(8)1-6(13,5(11)12)2-4(9)10;;;/h13H,1-2H2,(H,7,8)(H,9,10)(H,11,12);;;1H2/q;+1;+2;/p-3. The molecule has 0 unspecified atom stereocenters. The average Bonchev–Trinajstić information content (AvgIpc) is 1.82. The molecule has 0 aromatic heterocycles. The molecular formula is C6H7LiMgO8. The van der Waals surface area contributed by atoms with E-state index in [-0.39, 0.29) is 47.4 Å². The molecule has 8 nitrogen and oxygen atoms in total. The summed E-state index contributed by atoms with van der Waals surface area (Å²) in [6.45, 7) is 0. The van der Waals surface area contributed by atoms with Gasteiger partial charge in [-0.05, 0) is 0 Å². The first kappa shape index (κ1) is 24.8. The van der Waals surface area contributed by atoms with Crippen LogP contribution < -0.4 is 29.1 Å². The van der Waals surface area contributed by atoms with Crippen LogP contribution in [0.4, 0.5) is 0 Å². The van der Waals surface area contributed by atoms with E-state index in [4.69, 9.17) is 10.2 Å². The fourth-order valence-corrected chi connectivity index (χ4v) is 0.691. The topological polar surface area (TPSA) is 168 Å². The normalized spacial score (nSPS) is 8.81. The molecule has 0 radical (unpaired) electrons. The van der Waals surface area contributed by atoms with Gasteiger partial charge in [-0.3, -0.25) is 0 Å². The molecule has 0 saturated carbocycles. The monoisotopic (exact) mass is 238 g/mol. The Bertz CT molecular complexity index is 239. The third-order valence-corrected chi connectivity index (χ3v) is 1.27. The van der Waals surface area contributed by atoms with Crippen molar-refractivity contribution in [3.8, 4) is 0 Å².